The Morgan fingerprint density at radius 3 is 2.66 bits per heavy atom. The Morgan fingerprint density at radius 2 is 1.93 bits per heavy atom. The molecule has 2 aromatic heterocycles. The van der Waals surface area contributed by atoms with Crippen LogP contribution >= 0.6 is 0 Å². The van der Waals surface area contributed by atoms with E-state index >= 15 is 0 Å². The Hall–Kier alpha value is -4.08. The first kappa shape index (κ1) is 18.3. The van der Waals surface area contributed by atoms with Crippen molar-refractivity contribution in [1.29, 1.82) is 0 Å². The third-order valence-corrected chi connectivity index (χ3v) is 3.86. The number of hydrogen-bond donors (Lipinski definition) is 1. The van der Waals surface area contributed by atoms with Crippen LogP contribution in [0, 0.1) is 5.82 Å². The van der Waals surface area contributed by atoms with E-state index in [0.29, 0.717) is 29.4 Å². The topological polar surface area (TPSA) is 108 Å². The quantitative estimate of drug-likeness (QED) is 0.535. The maximum atomic E-state index is 13.0. The summed E-state index contributed by atoms with van der Waals surface area (Å²) in [5.74, 6) is -0.315. The Morgan fingerprint density at radius 1 is 1.17 bits per heavy atom. The molecule has 0 radical (unpaired) electrons. The van der Waals surface area contributed by atoms with Gasteiger partial charge in [0.1, 0.15) is 11.6 Å². The number of aromatic nitrogens is 5. The van der Waals surface area contributed by atoms with Crippen LogP contribution in [0.4, 0.5) is 10.1 Å². The van der Waals surface area contributed by atoms with Gasteiger partial charge < -0.3 is 14.6 Å². The van der Waals surface area contributed by atoms with Crippen LogP contribution in [-0.4, -0.2) is 37.6 Å². The minimum atomic E-state index is -0.557. The van der Waals surface area contributed by atoms with Crippen molar-refractivity contribution in [2.24, 2.45) is 0 Å². The molecule has 1 N–H and O–H groups in total. The molecule has 0 fully saturated rings. The van der Waals surface area contributed by atoms with Crippen molar-refractivity contribution >= 4 is 11.6 Å². The zero-order valence-corrected chi connectivity index (χ0v) is 15.2. The predicted octanol–water partition coefficient (Wildman–Crippen LogP) is 3.11. The molecule has 0 aliphatic carbocycles. The van der Waals surface area contributed by atoms with E-state index < -0.39 is 5.91 Å². The van der Waals surface area contributed by atoms with Crippen LogP contribution in [0.2, 0.25) is 0 Å². The van der Waals surface area contributed by atoms with Crippen LogP contribution in [0.15, 0.2) is 59.3 Å². The lowest BCUT2D eigenvalue weighted by Gasteiger charge is -2.05. The monoisotopic (exact) mass is 394 g/mol. The van der Waals surface area contributed by atoms with Gasteiger partial charge in [0.25, 0.3) is 0 Å². The van der Waals surface area contributed by atoms with Gasteiger partial charge in [0.15, 0.2) is 5.69 Å². The number of nitrogens with zero attached hydrogens (tertiary/aromatic N) is 5. The molecule has 2 aromatic carbocycles. The van der Waals surface area contributed by atoms with Gasteiger partial charge in [-0.3, -0.25) is 4.79 Å². The standard InChI is InChI=1S/C19H15FN6O3/c1-2-28-15-9-5-13(6-10-15)21-18(27)19-22-17(24-29-19)16-11-26(25-23-16)14-7-3-12(20)4-8-14/h3-11H,2H2,1H3,(H,21,27). The molecule has 29 heavy (non-hydrogen) atoms. The zero-order valence-electron chi connectivity index (χ0n) is 15.2. The summed E-state index contributed by atoms with van der Waals surface area (Å²) in [6, 6.07) is 12.6. The highest BCUT2D eigenvalue weighted by Crippen LogP contribution is 2.18. The van der Waals surface area contributed by atoms with Gasteiger partial charge in [0, 0.05) is 5.69 Å². The number of rotatable bonds is 6. The molecule has 0 atom stereocenters. The summed E-state index contributed by atoms with van der Waals surface area (Å²) in [6.45, 7) is 2.45. The summed E-state index contributed by atoms with van der Waals surface area (Å²) in [6.07, 6.45) is 1.55. The Labute approximate surface area is 164 Å². The second kappa shape index (κ2) is 7.89. The van der Waals surface area contributed by atoms with E-state index in [4.69, 9.17) is 9.26 Å². The van der Waals surface area contributed by atoms with Crippen LogP contribution in [0.3, 0.4) is 0 Å². The summed E-state index contributed by atoms with van der Waals surface area (Å²) in [5, 5.41) is 14.3. The summed E-state index contributed by atoms with van der Waals surface area (Å²) in [4.78, 5) is 16.4. The molecule has 0 saturated heterocycles. The first-order valence-corrected chi connectivity index (χ1v) is 8.69. The number of amides is 1. The second-order valence-electron chi connectivity index (χ2n) is 5.86. The molecular formula is C19H15FN6O3. The SMILES string of the molecule is CCOc1ccc(NC(=O)c2nc(-c3cn(-c4ccc(F)cc4)nn3)no2)cc1. The predicted molar refractivity (Wildman–Crippen MR) is 100 cm³/mol. The minimum Gasteiger partial charge on any atom is -0.494 e. The Kier molecular flexibility index (Phi) is 4.97. The summed E-state index contributed by atoms with van der Waals surface area (Å²) >= 11 is 0. The number of carbonyl (C=O) groups excluding carboxylic acids is 1. The number of carbonyl (C=O) groups is 1. The number of benzene rings is 2. The summed E-state index contributed by atoms with van der Waals surface area (Å²) in [7, 11) is 0. The molecule has 1 amide bonds. The van der Waals surface area contributed by atoms with Gasteiger partial charge in [-0.15, -0.1) is 5.10 Å². The highest BCUT2D eigenvalue weighted by Gasteiger charge is 2.18. The molecule has 146 valence electrons. The molecule has 4 aromatic rings. The molecular weight excluding hydrogens is 379 g/mol. The van der Waals surface area contributed by atoms with E-state index in [2.05, 4.69) is 25.8 Å². The van der Waals surface area contributed by atoms with Crippen LogP contribution in [0.25, 0.3) is 17.2 Å². The van der Waals surface area contributed by atoms with Crippen molar-refractivity contribution in [3.05, 3.63) is 66.4 Å². The van der Waals surface area contributed by atoms with Crippen molar-refractivity contribution in [3.63, 3.8) is 0 Å². The number of anilines is 1. The van der Waals surface area contributed by atoms with E-state index in [-0.39, 0.29) is 17.5 Å². The highest BCUT2D eigenvalue weighted by molar-refractivity contribution is 6.01. The van der Waals surface area contributed by atoms with E-state index in [1.165, 1.54) is 16.8 Å². The largest absolute Gasteiger partial charge is 0.494 e. The van der Waals surface area contributed by atoms with E-state index in [0.717, 1.165) is 0 Å². The number of halogens is 1. The van der Waals surface area contributed by atoms with Gasteiger partial charge >= 0.3 is 11.8 Å². The van der Waals surface area contributed by atoms with E-state index in [9.17, 15) is 9.18 Å². The third kappa shape index (κ3) is 4.10. The fourth-order valence-electron chi connectivity index (χ4n) is 2.49. The van der Waals surface area contributed by atoms with E-state index in [1.54, 1.807) is 42.6 Å². The maximum absolute atomic E-state index is 13.0. The van der Waals surface area contributed by atoms with Gasteiger partial charge in [0.05, 0.1) is 18.5 Å². The molecule has 0 aliphatic rings. The average molecular weight is 394 g/mol. The molecule has 4 rings (SSSR count). The van der Waals surface area contributed by atoms with Crippen LogP contribution < -0.4 is 10.1 Å². The fourth-order valence-corrected chi connectivity index (χ4v) is 2.49. The van der Waals surface area contributed by atoms with Gasteiger partial charge in [0.2, 0.25) is 5.82 Å². The van der Waals surface area contributed by atoms with Gasteiger partial charge in [-0.05, 0) is 55.5 Å². The number of ether oxygens (including phenoxy) is 1. The number of hydrogen-bond acceptors (Lipinski definition) is 7. The lowest BCUT2D eigenvalue weighted by atomic mass is 10.3. The molecule has 0 unspecified atom stereocenters. The Bertz CT molecular complexity index is 1120. The molecule has 0 bridgehead atoms. The lowest BCUT2D eigenvalue weighted by Crippen LogP contribution is -2.12. The van der Waals surface area contributed by atoms with Crippen molar-refractivity contribution in [1.82, 2.24) is 25.1 Å². The van der Waals surface area contributed by atoms with Crippen molar-refractivity contribution < 1.29 is 18.4 Å². The lowest BCUT2D eigenvalue weighted by molar-refractivity contribution is 0.0981. The van der Waals surface area contributed by atoms with Gasteiger partial charge in [-0.2, -0.15) is 4.98 Å². The van der Waals surface area contributed by atoms with Crippen LogP contribution in [0.5, 0.6) is 5.75 Å². The van der Waals surface area contributed by atoms with E-state index in [1.807, 2.05) is 6.92 Å². The summed E-state index contributed by atoms with van der Waals surface area (Å²) < 4.78 is 24.9. The maximum Gasteiger partial charge on any atom is 0.316 e. The van der Waals surface area contributed by atoms with Gasteiger partial charge in [-0.1, -0.05) is 10.4 Å². The second-order valence-corrected chi connectivity index (χ2v) is 5.86. The molecule has 0 spiro atoms. The molecule has 0 saturated carbocycles. The first-order chi connectivity index (χ1) is 14.1. The highest BCUT2D eigenvalue weighted by atomic mass is 19.1. The smallest absolute Gasteiger partial charge is 0.316 e. The number of nitrogens with one attached hydrogen (secondary N) is 1. The van der Waals surface area contributed by atoms with Crippen LogP contribution in [-0.2, 0) is 0 Å². The molecule has 10 heteroatoms. The molecule has 9 nitrogen and oxygen atoms in total. The third-order valence-electron chi connectivity index (χ3n) is 3.86. The Balaban J connectivity index is 1.46. The van der Waals surface area contributed by atoms with Crippen molar-refractivity contribution in [2.45, 2.75) is 6.92 Å². The van der Waals surface area contributed by atoms with Crippen LogP contribution in [0.1, 0.15) is 17.6 Å². The van der Waals surface area contributed by atoms with Gasteiger partial charge in [-0.25, -0.2) is 9.07 Å². The first-order valence-electron chi connectivity index (χ1n) is 8.69. The van der Waals surface area contributed by atoms with Crippen molar-refractivity contribution in [3.8, 4) is 23.0 Å². The summed E-state index contributed by atoms with van der Waals surface area (Å²) in [5.41, 5.74) is 1.47. The molecule has 2 heterocycles. The minimum absolute atomic E-state index is 0.107. The molecule has 0 aliphatic heterocycles. The van der Waals surface area contributed by atoms with Crippen molar-refractivity contribution in [2.75, 3.05) is 11.9 Å². The normalized spacial score (nSPS) is 10.7. The average Bonchev–Trinajstić information content (AvgIpc) is 3.40. The fraction of sp³-hybridized carbons (Fsp3) is 0.105. The zero-order chi connectivity index (χ0) is 20.2.